The molecule has 25 heavy (non-hydrogen) atoms. The number of carbonyl (C=O) groups excluding carboxylic acids is 2. The maximum absolute atomic E-state index is 12.3. The Morgan fingerprint density at radius 1 is 1.20 bits per heavy atom. The minimum absolute atomic E-state index is 0.0927. The molecule has 0 bridgehead atoms. The van der Waals surface area contributed by atoms with Crippen molar-refractivity contribution in [2.75, 3.05) is 31.6 Å². The molecule has 0 spiro atoms. The van der Waals surface area contributed by atoms with E-state index in [1.807, 2.05) is 36.4 Å². The molecule has 0 unspecified atom stereocenters. The van der Waals surface area contributed by atoms with Gasteiger partial charge in [-0.3, -0.25) is 9.69 Å². The largest absolute Gasteiger partial charge is 0.462 e. The maximum Gasteiger partial charge on any atom is 0.350 e. The Balaban J connectivity index is 1.81. The molecular weight excluding hydrogens is 336 g/mol. The summed E-state index contributed by atoms with van der Waals surface area (Å²) in [6.45, 7) is 4.35. The maximum atomic E-state index is 12.3. The lowest BCUT2D eigenvalue weighted by molar-refractivity contribution is -0.117. The van der Waals surface area contributed by atoms with Crippen molar-refractivity contribution >= 4 is 28.9 Å². The first-order valence-electron chi connectivity index (χ1n) is 8.56. The number of anilines is 1. The highest BCUT2D eigenvalue weighted by Crippen LogP contribution is 2.35. The van der Waals surface area contributed by atoms with Crippen molar-refractivity contribution in [1.82, 2.24) is 4.90 Å². The number of hydrogen-bond acceptors (Lipinski definition) is 5. The minimum atomic E-state index is -0.397. The van der Waals surface area contributed by atoms with Crippen LogP contribution in [0.3, 0.4) is 0 Å². The fourth-order valence-electron chi connectivity index (χ4n) is 2.91. The van der Waals surface area contributed by atoms with Crippen molar-refractivity contribution < 1.29 is 14.3 Å². The summed E-state index contributed by atoms with van der Waals surface area (Å²) >= 11 is 1.34. The van der Waals surface area contributed by atoms with Crippen molar-refractivity contribution in [3.63, 3.8) is 0 Å². The van der Waals surface area contributed by atoms with Crippen molar-refractivity contribution in [2.24, 2.45) is 0 Å². The van der Waals surface area contributed by atoms with Crippen LogP contribution in [0.15, 0.2) is 36.4 Å². The number of thiophene rings is 1. The predicted molar refractivity (Wildman–Crippen MR) is 100 cm³/mol. The summed E-state index contributed by atoms with van der Waals surface area (Å²) in [5, 5.41) is 2.90. The Morgan fingerprint density at radius 3 is 2.60 bits per heavy atom. The lowest BCUT2D eigenvalue weighted by atomic mass is 10.2. The molecule has 5 nitrogen and oxygen atoms in total. The number of amides is 1. The first-order valence-corrected chi connectivity index (χ1v) is 9.37. The smallest absolute Gasteiger partial charge is 0.350 e. The van der Waals surface area contributed by atoms with E-state index in [2.05, 4.69) is 10.2 Å². The second-order valence-corrected chi connectivity index (χ2v) is 7.02. The van der Waals surface area contributed by atoms with Gasteiger partial charge in [0.05, 0.1) is 18.8 Å². The number of carbonyl (C=O) groups is 2. The molecule has 1 saturated heterocycles. The topological polar surface area (TPSA) is 58.6 Å². The molecule has 6 heteroatoms. The molecule has 2 aromatic rings. The lowest BCUT2D eigenvalue weighted by Gasteiger charge is -2.14. The zero-order valence-corrected chi connectivity index (χ0v) is 15.1. The second kappa shape index (κ2) is 8.27. The average molecular weight is 358 g/mol. The van der Waals surface area contributed by atoms with Crippen LogP contribution >= 0.6 is 11.3 Å². The van der Waals surface area contributed by atoms with Gasteiger partial charge in [-0.1, -0.05) is 30.3 Å². The van der Waals surface area contributed by atoms with E-state index in [9.17, 15) is 9.59 Å². The molecule has 1 aromatic carbocycles. The van der Waals surface area contributed by atoms with Gasteiger partial charge in [0.2, 0.25) is 5.91 Å². The van der Waals surface area contributed by atoms with E-state index in [1.54, 1.807) is 6.92 Å². The average Bonchev–Trinajstić information content (AvgIpc) is 3.26. The van der Waals surface area contributed by atoms with Crippen LogP contribution in [-0.4, -0.2) is 43.0 Å². The fourth-order valence-corrected chi connectivity index (χ4v) is 3.92. The minimum Gasteiger partial charge on any atom is -0.462 e. The van der Waals surface area contributed by atoms with Gasteiger partial charge < -0.3 is 10.1 Å². The summed E-state index contributed by atoms with van der Waals surface area (Å²) in [4.78, 5) is 28.1. The van der Waals surface area contributed by atoms with E-state index >= 15 is 0 Å². The molecule has 0 saturated carbocycles. The normalized spacial score (nSPS) is 14.4. The van der Waals surface area contributed by atoms with Crippen LogP contribution in [0.1, 0.15) is 29.4 Å². The lowest BCUT2D eigenvalue weighted by Crippen LogP contribution is -2.31. The van der Waals surface area contributed by atoms with Gasteiger partial charge in [-0.25, -0.2) is 4.79 Å². The third-order valence-corrected chi connectivity index (χ3v) is 5.26. The van der Waals surface area contributed by atoms with E-state index in [0.717, 1.165) is 36.4 Å². The zero-order chi connectivity index (χ0) is 17.6. The number of benzene rings is 1. The summed E-state index contributed by atoms with van der Waals surface area (Å²) in [6, 6.07) is 11.7. The van der Waals surface area contributed by atoms with Gasteiger partial charge in [0.15, 0.2) is 0 Å². The summed E-state index contributed by atoms with van der Waals surface area (Å²) in [7, 11) is 0. The molecule has 1 aliphatic rings. The molecule has 3 rings (SSSR count). The molecule has 2 heterocycles. The first kappa shape index (κ1) is 17.6. The second-order valence-electron chi connectivity index (χ2n) is 5.97. The number of hydrogen-bond donors (Lipinski definition) is 1. The molecule has 1 fully saturated rings. The standard InChI is InChI=1S/C19H22N2O3S/c1-2-24-19(23)18-15(20-17(22)13-21-10-6-7-11-21)12-16(25-18)14-8-4-3-5-9-14/h3-5,8-9,12H,2,6-7,10-11,13H2,1H3,(H,20,22). The third-order valence-electron chi connectivity index (χ3n) is 4.09. The van der Waals surface area contributed by atoms with E-state index < -0.39 is 5.97 Å². The van der Waals surface area contributed by atoms with Crippen LogP contribution in [0.5, 0.6) is 0 Å². The van der Waals surface area contributed by atoms with Crippen molar-refractivity contribution in [2.45, 2.75) is 19.8 Å². The Hall–Kier alpha value is -2.18. The first-order chi connectivity index (χ1) is 12.2. The van der Waals surface area contributed by atoms with Gasteiger partial charge in [0.1, 0.15) is 4.88 Å². The highest BCUT2D eigenvalue weighted by Gasteiger charge is 2.21. The van der Waals surface area contributed by atoms with Gasteiger partial charge in [-0.2, -0.15) is 0 Å². The van der Waals surface area contributed by atoms with Crippen molar-refractivity contribution in [1.29, 1.82) is 0 Å². The SMILES string of the molecule is CCOC(=O)c1sc(-c2ccccc2)cc1NC(=O)CN1CCCC1. The van der Waals surface area contributed by atoms with Crippen molar-refractivity contribution in [3.8, 4) is 10.4 Å². The van der Waals surface area contributed by atoms with E-state index in [4.69, 9.17) is 4.74 Å². The van der Waals surface area contributed by atoms with Crippen LogP contribution in [0, 0.1) is 0 Å². The zero-order valence-electron chi connectivity index (χ0n) is 14.3. The number of esters is 1. The fraction of sp³-hybridized carbons (Fsp3) is 0.368. The number of ether oxygens (including phenoxy) is 1. The van der Waals surface area contributed by atoms with Gasteiger partial charge in [0, 0.05) is 4.88 Å². The van der Waals surface area contributed by atoms with Gasteiger partial charge >= 0.3 is 5.97 Å². The number of nitrogens with zero attached hydrogens (tertiary/aromatic N) is 1. The monoisotopic (exact) mass is 358 g/mol. The molecule has 132 valence electrons. The van der Waals surface area contributed by atoms with Crippen LogP contribution in [0.2, 0.25) is 0 Å². The van der Waals surface area contributed by atoms with Crippen LogP contribution < -0.4 is 5.32 Å². The van der Waals surface area contributed by atoms with E-state index in [0.29, 0.717) is 23.7 Å². The number of rotatable bonds is 6. The van der Waals surface area contributed by atoms with Gasteiger partial charge in [-0.05, 0) is 44.5 Å². The Kier molecular flexibility index (Phi) is 5.83. The highest BCUT2D eigenvalue weighted by atomic mass is 32.1. The number of nitrogens with one attached hydrogen (secondary N) is 1. The molecule has 0 radical (unpaired) electrons. The van der Waals surface area contributed by atoms with Crippen LogP contribution in [0.4, 0.5) is 5.69 Å². The Morgan fingerprint density at radius 2 is 1.92 bits per heavy atom. The molecule has 0 atom stereocenters. The van der Waals surface area contributed by atoms with Gasteiger partial charge in [0.25, 0.3) is 0 Å². The molecule has 1 aromatic heterocycles. The Bertz CT molecular complexity index is 736. The molecular formula is C19H22N2O3S. The quantitative estimate of drug-likeness (QED) is 0.801. The molecule has 1 aliphatic heterocycles. The molecule has 0 aliphatic carbocycles. The third kappa shape index (κ3) is 4.46. The van der Waals surface area contributed by atoms with Crippen molar-refractivity contribution in [3.05, 3.63) is 41.3 Å². The summed E-state index contributed by atoms with van der Waals surface area (Å²) in [5.74, 6) is -0.490. The molecule has 1 amide bonds. The summed E-state index contributed by atoms with van der Waals surface area (Å²) in [6.07, 6.45) is 2.27. The highest BCUT2D eigenvalue weighted by molar-refractivity contribution is 7.18. The Labute approximate surface area is 151 Å². The predicted octanol–water partition coefficient (Wildman–Crippen LogP) is 3.63. The summed E-state index contributed by atoms with van der Waals surface area (Å²) < 4.78 is 5.14. The van der Waals surface area contributed by atoms with Crippen LogP contribution in [-0.2, 0) is 9.53 Å². The van der Waals surface area contributed by atoms with Gasteiger partial charge in [-0.15, -0.1) is 11.3 Å². The van der Waals surface area contributed by atoms with E-state index in [-0.39, 0.29) is 5.91 Å². The van der Waals surface area contributed by atoms with Crippen LogP contribution in [0.25, 0.3) is 10.4 Å². The molecule has 1 N–H and O–H groups in total. The summed E-state index contributed by atoms with van der Waals surface area (Å²) in [5.41, 5.74) is 1.55. The van der Waals surface area contributed by atoms with E-state index in [1.165, 1.54) is 11.3 Å². The number of likely N-dealkylation sites (tertiary alicyclic amines) is 1.